The van der Waals surface area contributed by atoms with Crippen LogP contribution in [0.25, 0.3) is 5.69 Å². The highest BCUT2D eigenvalue weighted by atomic mass is 32.2. The Hall–Kier alpha value is -1.44. The van der Waals surface area contributed by atoms with E-state index >= 15 is 0 Å². The molecule has 5 nitrogen and oxygen atoms in total. The van der Waals surface area contributed by atoms with Crippen LogP contribution in [-0.4, -0.2) is 39.8 Å². The highest BCUT2D eigenvalue weighted by Crippen LogP contribution is 2.26. The van der Waals surface area contributed by atoms with Crippen molar-refractivity contribution in [2.75, 3.05) is 18.9 Å². The molecule has 0 spiro atoms. The number of rotatable bonds is 6. The Balaban J connectivity index is 1.80. The van der Waals surface area contributed by atoms with Gasteiger partial charge in [-0.3, -0.25) is 4.57 Å². The summed E-state index contributed by atoms with van der Waals surface area (Å²) >= 11 is 1.63. The number of halogens is 1. The topological polar surface area (TPSA) is 66.0 Å². The van der Waals surface area contributed by atoms with E-state index in [2.05, 4.69) is 10.2 Å². The predicted molar refractivity (Wildman–Crippen MR) is 88.4 cm³/mol. The fraction of sp³-hybridized carbons (Fsp3) is 0.500. The lowest BCUT2D eigenvalue weighted by Gasteiger charge is -2.22. The first-order valence-corrected chi connectivity index (χ1v) is 8.91. The maximum Gasteiger partial charge on any atom is 0.195 e. The largest absolute Gasteiger partial charge is 0.377 e. The van der Waals surface area contributed by atoms with Crippen LogP contribution in [0, 0.1) is 5.82 Å². The summed E-state index contributed by atoms with van der Waals surface area (Å²) in [6.45, 7) is 1.34. The lowest BCUT2D eigenvalue weighted by Crippen LogP contribution is -2.21. The molecule has 23 heavy (non-hydrogen) atoms. The summed E-state index contributed by atoms with van der Waals surface area (Å²) in [5, 5.41) is 9.34. The van der Waals surface area contributed by atoms with Crippen molar-refractivity contribution in [1.82, 2.24) is 14.8 Å². The normalized spacial score (nSPS) is 18.3. The molecule has 0 aliphatic carbocycles. The minimum absolute atomic E-state index is 0.257. The van der Waals surface area contributed by atoms with Gasteiger partial charge in [-0.2, -0.15) is 0 Å². The number of hydrogen-bond acceptors (Lipinski definition) is 5. The van der Waals surface area contributed by atoms with Crippen LogP contribution in [0.15, 0.2) is 29.4 Å². The molecule has 0 radical (unpaired) electrons. The second-order valence-corrected chi connectivity index (χ2v) is 6.54. The lowest BCUT2D eigenvalue weighted by molar-refractivity contribution is 0.0315. The molecule has 2 heterocycles. The molecular formula is C16H21FN4OS. The minimum atomic E-state index is -0.257. The summed E-state index contributed by atoms with van der Waals surface area (Å²) in [6, 6.07) is 6.36. The first kappa shape index (κ1) is 16.4. The molecule has 3 rings (SSSR count). The Morgan fingerprint density at radius 1 is 1.26 bits per heavy atom. The second kappa shape index (κ2) is 7.90. The van der Waals surface area contributed by atoms with Gasteiger partial charge in [0, 0.05) is 24.5 Å². The summed E-state index contributed by atoms with van der Waals surface area (Å²) in [5.74, 6) is 1.39. The standard InChI is InChI=1S/C16H21FN4OS/c17-12-4-6-13(7-5-12)21-15(8-9-18)19-20-16(21)23-11-14-3-1-2-10-22-14/h4-7,14H,1-3,8-11,18H2/t14-/m0/s1. The SMILES string of the molecule is NCCc1nnc(SC[C@@H]2CCCCO2)n1-c1ccc(F)cc1. The average Bonchev–Trinajstić information content (AvgIpc) is 2.98. The smallest absolute Gasteiger partial charge is 0.195 e. The van der Waals surface area contributed by atoms with Gasteiger partial charge in [0.15, 0.2) is 5.16 Å². The lowest BCUT2D eigenvalue weighted by atomic mass is 10.1. The van der Waals surface area contributed by atoms with E-state index < -0.39 is 0 Å². The van der Waals surface area contributed by atoms with Gasteiger partial charge < -0.3 is 10.5 Å². The Morgan fingerprint density at radius 3 is 2.78 bits per heavy atom. The maximum atomic E-state index is 13.2. The van der Waals surface area contributed by atoms with Gasteiger partial charge in [0.25, 0.3) is 0 Å². The van der Waals surface area contributed by atoms with E-state index in [1.807, 2.05) is 4.57 Å². The van der Waals surface area contributed by atoms with Crippen LogP contribution >= 0.6 is 11.8 Å². The monoisotopic (exact) mass is 336 g/mol. The van der Waals surface area contributed by atoms with Crippen LogP contribution in [0.1, 0.15) is 25.1 Å². The molecule has 124 valence electrons. The van der Waals surface area contributed by atoms with Gasteiger partial charge in [0.05, 0.1) is 6.10 Å². The Bertz CT molecular complexity index is 626. The summed E-state index contributed by atoms with van der Waals surface area (Å²) in [5.41, 5.74) is 6.52. The van der Waals surface area contributed by atoms with Crippen LogP contribution < -0.4 is 5.73 Å². The molecule has 0 unspecified atom stereocenters. The van der Waals surface area contributed by atoms with Crippen molar-refractivity contribution in [3.05, 3.63) is 35.9 Å². The molecule has 1 aromatic carbocycles. The summed E-state index contributed by atoms with van der Waals surface area (Å²) in [7, 11) is 0. The summed E-state index contributed by atoms with van der Waals surface area (Å²) in [6.07, 6.45) is 4.35. The molecule has 1 saturated heterocycles. The fourth-order valence-electron chi connectivity index (χ4n) is 2.64. The molecule has 2 aromatic rings. The molecule has 1 atom stereocenters. The third-order valence-corrected chi connectivity index (χ3v) is 4.89. The highest BCUT2D eigenvalue weighted by Gasteiger charge is 2.18. The quantitative estimate of drug-likeness (QED) is 0.821. The van der Waals surface area contributed by atoms with Crippen molar-refractivity contribution in [3.63, 3.8) is 0 Å². The first-order chi connectivity index (χ1) is 11.3. The van der Waals surface area contributed by atoms with Crippen molar-refractivity contribution in [1.29, 1.82) is 0 Å². The van der Waals surface area contributed by atoms with Gasteiger partial charge in [-0.1, -0.05) is 11.8 Å². The van der Waals surface area contributed by atoms with Crippen molar-refractivity contribution >= 4 is 11.8 Å². The van der Waals surface area contributed by atoms with E-state index in [-0.39, 0.29) is 11.9 Å². The number of hydrogen-bond donors (Lipinski definition) is 1. The van der Waals surface area contributed by atoms with Gasteiger partial charge in [-0.05, 0) is 50.1 Å². The number of aromatic nitrogens is 3. The van der Waals surface area contributed by atoms with E-state index in [1.165, 1.54) is 18.6 Å². The summed E-state index contributed by atoms with van der Waals surface area (Å²) in [4.78, 5) is 0. The molecule has 1 aliphatic heterocycles. The number of thioether (sulfide) groups is 1. The predicted octanol–water partition coefficient (Wildman–Crippen LogP) is 2.57. The first-order valence-electron chi connectivity index (χ1n) is 7.92. The molecule has 1 aromatic heterocycles. The summed E-state index contributed by atoms with van der Waals surface area (Å²) < 4.78 is 20.9. The van der Waals surface area contributed by atoms with Crippen molar-refractivity contribution in [2.45, 2.75) is 36.9 Å². The van der Waals surface area contributed by atoms with Crippen molar-refractivity contribution < 1.29 is 9.13 Å². The number of nitrogens with zero attached hydrogens (tertiary/aromatic N) is 3. The van der Waals surface area contributed by atoms with Crippen LogP contribution in [-0.2, 0) is 11.2 Å². The van der Waals surface area contributed by atoms with Crippen LogP contribution in [0.5, 0.6) is 0 Å². The molecule has 0 amide bonds. The zero-order valence-electron chi connectivity index (χ0n) is 12.9. The van der Waals surface area contributed by atoms with Crippen molar-refractivity contribution in [3.8, 4) is 5.69 Å². The molecular weight excluding hydrogens is 315 g/mol. The van der Waals surface area contributed by atoms with Crippen molar-refractivity contribution in [2.24, 2.45) is 5.73 Å². The number of nitrogens with two attached hydrogens (primary N) is 1. The van der Waals surface area contributed by atoms with E-state index in [0.717, 1.165) is 41.9 Å². The second-order valence-electron chi connectivity index (χ2n) is 5.55. The van der Waals surface area contributed by atoms with Crippen LogP contribution in [0.4, 0.5) is 4.39 Å². The fourth-order valence-corrected chi connectivity index (χ4v) is 3.68. The Labute approximate surface area is 139 Å². The van der Waals surface area contributed by atoms with Gasteiger partial charge in [-0.25, -0.2) is 4.39 Å². The molecule has 2 N–H and O–H groups in total. The van der Waals surface area contributed by atoms with Crippen LogP contribution in [0.2, 0.25) is 0 Å². The van der Waals surface area contributed by atoms with Gasteiger partial charge >= 0.3 is 0 Å². The third-order valence-electron chi connectivity index (χ3n) is 3.83. The zero-order chi connectivity index (χ0) is 16.1. The Kier molecular flexibility index (Phi) is 5.64. The van der Waals surface area contributed by atoms with Crippen LogP contribution in [0.3, 0.4) is 0 Å². The molecule has 0 saturated carbocycles. The van der Waals surface area contributed by atoms with E-state index in [1.54, 1.807) is 23.9 Å². The molecule has 0 bridgehead atoms. The maximum absolute atomic E-state index is 13.2. The van der Waals surface area contributed by atoms with E-state index in [9.17, 15) is 4.39 Å². The van der Waals surface area contributed by atoms with Gasteiger partial charge in [-0.15, -0.1) is 10.2 Å². The third kappa shape index (κ3) is 4.10. The molecule has 1 fully saturated rings. The average molecular weight is 336 g/mol. The molecule has 1 aliphatic rings. The van der Waals surface area contributed by atoms with E-state index in [0.29, 0.717) is 13.0 Å². The van der Waals surface area contributed by atoms with Gasteiger partial charge in [0.1, 0.15) is 11.6 Å². The highest BCUT2D eigenvalue weighted by molar-refractivity contribution is 7.99. The minimum Gasteiger partial charge on any atom is -0.377 e. The van der Waals surface area contributed by atoms with Gasteiger partial charge in [0.2, 0.25) is 0 Å². The number of ether oxygens (including phenoxy) is 1. The Morgan fingerprint density at radius 2 is 2.09 bits per heavy atom. The number of benzene rings is 1. The van der Waals surface area contributed by atoms with E-state index in [4.69, 9.17) is 10.5 Å². The zero-order valence-corrected chi connectivity index (χ0v) is 13.8. The molecule has 7 heteroatoms.